The molecule has 2 N–H and O–H groups in total. The molecule has 1 fully saturated rings. The first kappa shape index (κ1) is 22.8. The summed E-state index contributed by atoms with van der Waals surface area (Å²) < 4.78 is 41.0. The van der Waals surface area contributed by atoms with Crippen LogP contribution in [0.25, 0.3) is 0 Å². The molecule has 0 saturated carbocycles. The maximum atomic E-state index is 12.1. The van der Waals surface area contributed by atoms with E-state index in [-0.39, 0.29) is 29.7 Å². The first-order chi connectivity index (χ1) is 11.9. The van der Waals surface area contributed by atoms with Crippen LogP contribution < -0.4 is 15.4 Å². The van der Waals surface area contributed by atoms with E-state index in [0.29, 0.717) is 18.4 Å². The molecular formula is C17H26F3IN4O. The molecule has 26 heavy (non-hydrogen) atoms. The van der Waals surface area contributed by atoms with Crippen molar-refractivity contribution in [3.8, 4) is 5.75 Å². The highest BCUT2D eigenvalue weighted by atomic mass is 127. The summed E-state index contributed by atoms with van der Waals surface area (Å²) in [6.07, 6.45) is -3.15. The molecule has 0 amide bonds. The molecule has 1 aromatic carbocycles. The van der Waals surface area contributed by atoms with Crippen LogP contribution in [0.3, 0.4) is 0 Å². The third-order valence-electron chi connectivity index (χ3n) is 4.06. The molecule has 148 valence electrons. The molecule has 0 bridgehead atoms. The van der Waals surface area contributed by atoms with Crippen molar-refractivity contribution in [2.45, 2.75) is 19.1 Å². The molecule has 1 aromatic rings. The van der Waals surface area contributed by atoms with Crippen molar-refractivity contribution in [3.63, 3.8) is 0 Å². The van der Waals surface area contributed by atoms with Crippen LogP contribution in [0, 0.1) is 5.92 Å². The van der Waals surface area contributed by atoms with E-state index in [2.05, 4.69) is 27.6 Å². The number of hydrogen-bond acceptors (Lipinski definition) is 3. The van der Waals surface area contributed by atoms with Gasteiger partial charge < -0.3 is 20.3 Å². The molecule has 5 nitrogen and oxygen atoms in total. The van der Waals surface area contributed by atoms with Crippen LogP contribution in [-0.4, -0.2) is 57.4 Å². The maximum absolute atomic E-state index is 12.1. The quantitative estimate of drug-likeness (QED) is 0.369. The summed E-state index contributed by atoms with van der Waals surface area (Å²) in [6.45, 7) is 2.33. The molecule has 1 atom stereocenters. The first-order valence-electron chi connectivity index (χ1n) is 8.27. The average molecular weight is 486 g/mol. The molecule has 1 saturated heterocycles. The van der Waals surface area contributed by atoms with Crippen LogP contribution in [-0.2, 0) is 6.54 Å². The summed E-state index contributed by atoms with van der Waals surface area (Å²) in [5.41, 5.74) is 0.933. The van der Waals surface area contributed by atoms with Crippen molar-refractivity contribution in [3.05, 3.63) is 29.8 Å². The number of rotatable bonds is 6. The molecule has 1 heterocycles. The van der Waals surface area contributed by atoms with Crippen molar-refractivity contribution < 1.29 is 17.9 Å². The fourth-order valence-electron chi connectivity index (χ4n) is 2.71. The van der Waals surface area contributed by atoms with Crippen LogP contribution in [0.1, 0.15) is 12.0 Å². The van der Waals surface area contributed by atoms with Gasteiger partial charge in [-0.05, 0) is 43.6 Å². The Morgan fingerprint density at radius 1 is 1.27 bits per heavy atom. The Hall–Kier alpha value is -1.23. The van der Waals surface area contributed by atoms with Gasteiger partial charge in [-0.2, -0.15) is 13.2 Å². The molecule has 1 aliphatic rings. The standard InChI is InChI=1S/C17H25F3N4O.HI/c1-21-16(23-10-14-7-8-24(2)11-14)22-9-13-3-5-15(6-4-13)25-12-17(18,19)20;/h3-6,14H,7-12H2,1-2H3,(H2,21,22,23);1H. The van der Waals surface area contributed by atoms with Crippen LogP contribution in [0.4, 0.5) is 13.2 Å². The molecule has 2 rings (SSSR count). The third-order valence-corrected chi connectivity index (χ3v) is 4.06. The van der Waals surface area contributed by atoms with Gasteiger partial charge in [-0.15, -0.1) is 24.0 Å². The predicted molar refractivity (Wildman–Crippen MR) is 107 cm³/mol. The van der Waals surface area contributed by atoms with Crippen molar-refractivity contribution in [2.24, 2.45) is 10.9 Å². The highest BCUT2D eigenvalue weighted by Gasteiger charge is 2.28. The van der Waals surface area contributed by atoms with Crippen molar-refractivity contribution in [2.75, 3.05) is 40.3 Å². The topological polar surface area (TPSA) is 48.9 Å². The van der Waals surface area contributed by atoms with E-state index < -0.39 is 12.8 Å². The molecule has 0 radical (unpaired) electrons. The highest BCUT2D eigenvalue weighted by Crippen LogP contribution is 2.18. The lowest BCUT2D eigenvalue weighted by Gasteiger charge is -2.15. The Balaban J connectivity index is 0.00000338. The number of benzene rings is 1. The number of nitrogens with zero attached hydrogens (tertiary/aromatic N) is 2. The minimum atomic E-state index is -4.33. The van der Waals surface area contributed by atoms with Gasteiger partial charge in [-0.25, -0.2) is 0 Å². The van der Waals surface area contributed by atoms with Crippen molar-refractivity contribution >= 4 is 29.9 Å². The Kier molecular flexibility index (Phi) is 9.48. The number of likely N-dealkylation sites (tertiary alicyclic amines) is 1. The normalized spacial score (nSPS) is 18.3. The minimum Gasteiger partial charge on any atom is -0.484 e. The van der Waals surface area contributed by atoms with Gasteiger partial charge in [0.1, 0.15) is 5.75 Å². The van der Waals surface area contributed by atoms with Crippen LogP contribution in [0.2, 0.25) is 0 Å². The molecule has 0 aromatic heterocycles. The van der Waals surface area contributed by atoms with Gasteiger partial charge in [-0.1, -0.05) is 12.1 Å². The summed E-state index contributed by atoms with van der Waals surface area (Å²) in [5, 5.41) is 6.51. The van der Waals surface area contributed by atoms with E-state index in [4.69, 9.17) is 4.74 Å². The van der Waals surface area contributed by atoms with Crippen molar-refractivity contribution in [1.29, 1.82) is 0 Å². The van der Waals surface area contributed by atoms with E-state index in [9.17, 15) is 13.2 Å². The van der Waals surface area contributed by atoms with Crippen LogP contribution >= 0.6 is 24.0 Å². The van der Waals surface area contributed by atoms with E-state index in [1.807, 2.05) is 0 Å². The van der Waals surface area contributed by atoms with Crippen LogP contribution in [0.5, 0.6) is 5.75 Å². The lowest BCUT2D eigenvalue weighted by atomic mass is 10.1. The first-order valence-corrected chi connectivity index (χ1v) is 8.27. The van der Waals surface area contributed by atoms with Gasteiger partial charge in [0.2, 0.25) is 0 Å². The smallest absolute Gasteiger partial charge is 0.422 e. The second-order valence-electron chi connectivity index (χ2n) is 6.27. The summed E-state index contributed by atoms with van der Waals surface area (Å²) in [4.78, 5) is 6.50. The largest absolute Gasteiger partial charge is 0.484 e. The monoisotopic (exact) mass is 486 g/mol. The summed E-state index contributed by atoms with van der Waals surface area (Å²) in [5.74, 6) is 1.54. The predicted octanol–water partition coefficient (Wildman–Crippen LogP) is 2.86. The van der Waals surface area contributed by atoms with E-state index in [0.717, 1.165) is 25.2 Å². The van der Waals surface area contributed by atoms with E-state index in [1.165, 1.54) is 18.6 Å². The second kappa shape index (κ2) is 10.8. The molecular weight excluding hydrogens is 460 g/mol. The van der Waals surface area contributed by atoms with Gasteiger partial charge in [-0.3, -0.25) is 4.99 Å². The number of halogens is 4. The van der Waals surface area contributed by atoms with Crippen LogP contribution in [0.15, 0.2) is 29.3 Å². The molecule has 9 heteroatoms. The summed E-state index contributed by atoms with van der Waals surface area (Å²) >= 11 is 0. The van der Waals surface area contributed by atoms with Gasteiger partial charge in [0.25, 0.3) is 0 Å². The molecule has 1 unspecified atom stereocenters. The van der Waals surface area contributed by atoms with Gasteiger partial charge >= 0.3 is 6.18 Å². The zero-order valence-corrected chi connectivity index (χ0v) is 17.3. The summed E-state index contributed by atoms with van der Waals surface area (Å²) in [6, 6.07) is 6.54. The van der Waals surface area contributed by atoms with E-state index in [1.54, 1.807) is 19.2 Å². The van der Waals surface area contributed by atoms with Gasteiger partial charge in [0.15, 0.2) is 12.6 Å². The Labute approximate surface area is 169 Å². The summed E-state index contributed by atoms with van der Waals surface area (Å²) in [7, 11) is 3.83. The number of hydrogen-bond donors (Lipinski definition) is 2. The zero-order chi connectivity index (χ0) is 18.3. The fraction of sp³-hybridized carbons (Fsp3) is 0.588. The average Bonchev–Trinajstić information content (AvgIpc) is 2.99. The zero-order valence-electron chi connectivity index (χ0n) is 15.0. The highest BCUT2D eigenvalue weighted by molar-refractivity contribution is 14.0. The lowest BCUT2D eigenvalue weighted by Crippen LogP contribution is -2.39. The van der Waals surface area contributed by atoms with Crippen molar-refractivity contribution in [1.82, 2.24) is 15.5 Å². The maximum Gasteiger partial charge on any atom is 0.422 e. The number of ether oxygens (including phenoxy) is 1. The van der Waals surface area contributed by atoms with Gasteiger partial charge in [0, 0.05) is 26.7 Å². The number of alkyl halides is 3. The molecule has 1 aliphatic heterocycles. The number of guanidine groups is 1. The Morgan fingerprint density at radius 3 is 2.50 bits per heavy atom. The Morgan fingerprint density at radius 2 is 1.96 bits per heavy atom. The molecule has 0 spiro atoms. The minimum absolute atomic E-state index is 0. The Bertz CT molecular complexity index is 566. The third kappa shape index (κ3) is 8.43. The van der Waals surface area contributed by atoms with E-state index >= 15 is 0 Å². The molecule has 0 aliphatic carbocycles. The lowest BCUT2D eigenvalue weighted by molar-refractivity contribution is -0.153. The number of aliphatic imine (C=N–C) groups is 1. The second-order valence-corrected chi connectivity index (χ2v) is 6.27. The fourth-order valence-corrected chi connectivity index (χ4v) is 2.71. The SMILES string of the molecule is CN=C(NCc1ccc(OCC(F)(F)F)cc1)NCC1CCN(C)C1.I. The van der Waals surface area contributed by atoms with Gasteiger partial charge in [0.05, 0.1) is 0 Å². The number of nitrogens with one attached hydrogen (secondary N) is 2.